The summed E-state index contributed by atoms with van der Waals surface area (Å²) >= 11 is 0. The van der Waals surface area contributed by atoms with Crippen molar-refractivity contribution in [1.29, 1.82) is 0 Å². The second-order valence-electron chi connectivity index (χ2n) is 6.40. The number of hydrogen-bond donors (Lipinski definition) is 2. The third-order valence-electron chi connectivity index (χ3n) is 4.56. The summed E-state index contributed by atoms with van der Waals surface area (Å²) in [4.78, 5) is 0. The molecule has 1 saturated carbocycles. The smallest absolute Gasteiger partial charge is 0.118 e. The summed E-state index contributed by atoms with van der Waals surface area (Å²) in [6.07, 6.45) is 5.30. The molecule has 106 valence electrons. The minimum Gasteiger partial charge on any atom is -0.508 e. The highest BCUT2D eigenvalue weighted by atomic mass is 16.3. The lowest BCUT2D eigenvalue weighted by molar-refractivity contribution is 0.253. The van der Waals surface area contributed by atoms with E-state index >= 15 is 0 Å². The maximum atomic E-state index is 9.74. The van der Waals surface area contributed by atoms with Crippen LogP contribution in [0.2, 0.25) is 0 Å². The van der Waals surface area contributed by atoms with Crippen LogP contribution in [-0.2, 0) is 0 Å². The maximum Gasteiger partial charge on any atom is 0.118 e. The molecule has 0 radical (unpaired) electrons. The lowest BCUT2D eigenvalue weighted by Gasteiger charge is -2.36. The van der Waals surface area contributed by atoms with Crippen LogP contribution >= 0.6 is 0 Å². The van der Waals surface area contributed by atoms with E-state index in [0.717, 1.165) is 23.0 Å². The van der Waals surface area contributed by atoms with Crippen LogP contribution in [0.4, 0.5) is 5.69 Å². The van der Waals surface area contributed by atoms with E-state index in [1.165, 1.54) is 31.4 Å². The Hall–Kier alpha value is -1.18. The van der Waals surface area contributed by atoms with Crippen LogP contribution in [0.1, 0.15) is 50.7 Å². The number of anilines is 1. The summed E-state index contributed by atoms with van der Waals surface area (Å²) in [5.41, 5.74) is 3.27. The summed E-state index contributed by atoms with van der Waals surface area (Å²) in [5.74, 6) is 1.89. The molecule has 0 heterocycles. The van der Waals surface area contributed by atoms with Crippen LogP contribution in [0, 0.1) is 25.7 Å². The molecule has 2 unspecified atom stereocenters. The van der Waals surface area contributed by atoms with Crippen LogP contribution in [0.25, 0.3) is 0 Å². The SMILES string of the molecule is Cc1cc(NC2CCCCC2C(C)C)c(C)cc1O. The van der Waals surface area contributed by atoms with E-state index in [4.69, 9.17) is 0 Å². The van der Waals surface area contributed by atoms with E-state index in [2.05, 4.69) is 32.2 Å². The number of phenols is 1. The van der Waals surface area contributed by atoms with E-state index in [1.54, 1.807) is 0 Å². The Labute approximate surface area is 117 Å². The average Bonchev–Trinajstić information content (AvgIpc) is 2.36. The Bertz CT molecular complexity index is 439. The molecule has 0 aliphatic heterocycles. The van der Waals surface area contributed by atoms with Gasteiger partial charge in [0.15, 0.2) is 0 Å². The van der Waals surface area contributed by atoms with Crippen LogP contribution in [0.15, 0.2) is 12.1 Å². The highest BCUT2D eigenvalue weighted by Gasteiger charge is 2.27. The Kier molecular flexibility index (Phi) is 4.38. The first kappa shape index (κ1) is 14.2. The number of aryl methyl sites for hydroxylation is 2. The third kappa shape index (κ3) is 3.23. The first-order chi connectivity index (χ1) is 8.99. The van der Waals surface area contributed by atoms with Crippen LogP contribution in [0.5, 0.6) is 5.75 Å². The lowest BCUT2D eigenvalue weighted by atomic mass is 9.77. The molecule has 19 heavy (non-hydrogen) atoms. The molecule has 0 aromatic heterocycles. The van der Waals surface area contributed by atoms with Crippen molar-refractivity contribution in [2.75, 3.05) is 5.32 Å². The van der Waals surface area contributed by atoms with Crippen molar-refractivity contribution < 1.29 is 5.11 Å². The maximum absolute atomic E-state index is 9.74. The Morgan fingerprint density at radius 1 is 1.11 bits per heavy atom. The molecule has 1 aliphatic rings. The van der Waals surface area contributed by atoms with Gasteiger partial charge in [0.25, 0.3) is 0 Å². The first-order valence-corrected chi connectivity index (χ1v) is 7.55. The highest BCUT2D eigenvalue weighted by molar-refractivity contribution is 5.57. The van der Waals surface area contributed by atoms with Gasteiger partial charge in [0.1, 0.15) is 5.75 Å². The van der Waals surface area contributed by atoms with Gasteiger partial charge in [-0.05, 0) is 61.8 Å². The zero-order valence-corrected chi connectivity index (χ0v) is 12.7. The van der Waals surface area contributed by atoms with Gasteiger partial charge in [-0.25, -0.2) is 0 Å². The van der Waals surface area contributed by atoms with Crippen LogP contribution < -0.4 is 5.32 Å². The summed E-state index contributed by atoms with van der Waals surface area (Å²) in [6, 6.07) is 4.53. The van der Waals surface area contributed by atoms with Crippen molar-refractivity contribution in [1.82, 2.24) is 0 Å². The number of benzene rings is 1. The van der Waals surface area contributed by atoms with E-state index in [9.17, 15) is 5.11 Å². The Balaban J connectivity index is 2.17. The predicted octanol–water partition coefficient (Wildman–Crippen LogP) is 4.64. The molecule has 2 N–H and O–H groups in total. The van der Waals surface area contributed by atoms with Crippen molar-refractivity contribution in [3.8, 4) is 5.75 Å². The van der Waals surface area contributed by atoms with Gasteiger partial charge in [0.05, 0.1) is 0 Å². The standard InChI is InChI=1S/C17H27NO/c1-11(2)14-7-5-6-8-15(14)18-16-9-13(4)17(19)10-12(16)3/h9-11,14-15,18-19H,5-8H2,1-4H3. The molecule has 2 atom stereocenters. The molecule has 1 fully saturated rings. The second kappa shape index (κ2) is 5.85. The number of rotatable bonds is 3. The van der Waals surface area contributed by atoms with E-state index in [1.807, 2.05) is 13.0 Å². The molecule has 1 aromatic rings. The fourth-order valence-corrected chi connectivity index (χ4v) is 3.29. The number of nitrogens with one attached hydrogen (secondary N) is 1. The minimum atomic E-state index is 0.395. The van der Waals surface area contributed by atoms with Crippen molar-refractivity contribution >= 4 is 5.69 Å². The molecule has 2 heteroatoms. The molecular formula is C17H27NO. The highest BCUT2D eigenvalue weighted by Crippen LogP contribution is 2.34. The largest absolute Gasteiger partial charge is 0.508 e. The predicted molar refractivity (Wildman–Crippen MR) is 81.8 cm³/mol. The molecule has 2 nitrogen and oxygen atoms in total. The van der Waals surface area contributed by atoms with Gasteiger partial charge in [-0.3, -0.25) is 0 Å². The van der Waals surface area contributed by atoms with E-state index in [0.29, 0.717) is 11.8 Å². The second-order valence-corrected chi connectivity index (χ2v) is 6.40. The molecule has 0 spiro atoms. The van der Waals surface area contributed by atoms with Crippen LogP contribution in [-0.4, -0.2) is 11.1 Å². The Morgan fingerprint density at radius 2 is 1.79 bits per heavy atom. The van der Waals surface area contributed by atoms with E-state index in [-0.39, 0.29) is 0 Å². The van der Waals surface area contributed by atoms with Crippen molar-refractivity contribution in [2.24, 2.45) is 11.8 Å². The summed E-state index contributed by atoms with van der Waals surface area (Å²) < 4.78 is 0. The first-order valence-electron chi connectivity index (χ1n) is 7.55. The van der Waals surface area contributed by atoms with Crippen molar-refractivity contribution in [3.05, 3.63) is 23.3 Å². The summed E-state index contributed by atoms with van der Waals surface area (Å²) in [6.45, 7) is 8.69. The monoisotopic (exact) mass is 261 g/mol. The van der Waals surface area contributed by atoms with Crippen molar-refractivity contribution in [2.45, 2.75) is 59.4 Å². The quantitative estimate of drug-likeness (QED) is 0.777. The van der Waals surface area contributed by atoms with Gasteiger partial charge in [-0.15, -0.1) is 0 Å². The van der Waals surface area contributed by atoms with Crippen LogP contribution in [0.3, 0.4) is 0 Å². The van der Waals surface area contributed by atoms with Gasteiger partial charge in [0, 0.05) is 11.7 Å². The van der Waals surface area contributed by atoms with Gasteiger partial charge in [-0.1, -0.05) is 26.7 Å². The molecule has 1 aliphatic carbocycles. The topological polar surface area (TPSA) is 32.3 Å². The van der Waals surface area contributed by atoms with Gasteiger partial charge < -0.3 is 10.4 Å². The van der Waals surface area contributed by atoms with E-state index < -0.39 is 0 Å². The van der Waals surface area contributed by atoms with Gasteiger partial charge in [0.2, 0.25) is 0 Å². The average molecular weight is 261 g/mol. The zero-order chi connectivity index (χ0) is 14.0. The molecule has 2 rings (SSSR count). The van der Waals surface area contributed by atoms with Gasteiger partial charge in [-0.2, -0.15) is 0 Å². The summed E-state index contributed by atoms with van der Waals surface area (Å²) in [7, 11) is 0. The molecule has 0 saturated heterocycles. The molecule has 0 amide bonds. The fraction of sp³-hybridized carbons (Fsp3) is 0.647. The lowest BCUT2D eigenvalue weighted by Crippen LogP contribution is -2.35. The zero-order valence-electron chi connectivity index (χ0n) is 12.7. The third-order valence-corrected chi connectivity index (χ3v) is 4.56. The van der Waals surface area contributed by atoms with Gasteiger partial charge >= 0.3 is 0 Å². The summed E-state index contributed by atoms with van der Waals surface area (Å²) in [5, 5.41) is 13.5. The molecule has 0 bridgehead atoms. The number of aromatic hydroxyl groups is 1. The Morgan fingerprint density at radius 3 is 2.47 bits per heavy atom. The number of hydrogen-bond acceptors (Lipinski definition) is 2. The van der Waals surface area contributed by atoms with Crippen molar-refractivity contribution in [3.63, 3.8) is 0 Å². The minimum absolute atomic E-state index is 0.395. The molecular weight excluding hydrogens is 234 g/mol. The normalized spacial score (nSPS) is 23.6. The number of phenolic OH excluding ortho intramolecular Hbond substituents is 1. The fourth-order valence-electron chi connectivity index (χ4n) is 3.29. The molecule has 1 aromatic carbocycles.